The van der Waals surface area contributed by atoms with Crippen LogP contribution in [0.3, 0.4) is 0 Å². The standard InChI is InChI=1S/C6H10F2O2/c1-4-6(9,5(7)8)2-3-10-4/h4-5,9H,2-3H2,1H3. The first-order valence-electron chi connectivity index (χ1n) is 3.19. The molecule has 2 unspecified atom stereocenters. The Balaban J connectivity index is 2.66. The van der Waals surface area contributed by atoms with Gasteiger partial charge >= 0.3 is 0 Å². The molecule has 60 valence electrons. The zero-order valence-corrected chi connectivity index (χ0v) is 5.68. The van der Waals surface area contributed by atoms with Crippen molar-refractivity contribution in [3.63, 3.8) is 0 Å². The molecule has 1 fully saturated rings. The highest BCUT2D eigenvalue weighted by Crippen LogP contribution is 2.31. The SMILES string of the molecule is CC1OCCC1(O)C(F)F. The van der Waals surface area contributed by atoms with Gasteiger partial charge in [-0.1, -0.05) is 0 Å². The quantitative estimate of drug-likeness (QED) is 0.602. The molecule has 1 rings (SSSR count). The molecule has 0 spiro atoms. The fraction of sp³-hybridized carbons (Fsp3) is 1.00. The van der Waals surface area contributed by atoms with Crippen molar-refractivity contribution in [1.82, 2.24) is 0 Å². The largest absolute Gasteiger partial charge is 0.381 e. The summed E-state index contributed by atoms with van der Waals surface area (Å²) in [7, 11) is 0. The number of halogens is 2. The van der Waals surface area contributed by atoms with E-state index < -0.39 is 18.1 Å². The van der Waals surface area contributed by atoms with Gasteiger partial charge in [0.25, 0.3) is 6.43 Å². The number of rotatable bonds is 1. The lowest BCUT2D eigenvalue weighted by atomic mass is 9.98. The minimum atomic E-state index is -2.70. The average molecular weight is 152 g/mol. The van der Waals surface area contributed by atoms with Crippen molar-refractivity contribution < 1.29 is 18.6 Å². The van der Waals surface area contributed by atoms with Gasteiger partial charge < -0.3 is 9.84 Å². The van der Waals surface area contributed by atoms with Gasteiger partial charge in [-0.15, -0.1) is 0 Å². The third kappa shape index (κ3) is 1.01. The van der Waals surface area contributed by atoms with Crippen LogP contribution in [0.2, 0.25) is 0 Å². The first-order valence-corrected chi connectivity index (χ1v) is 3.19. The molecule has 1 aliphatic heterocycles. The summed E-state index contributed by atoms with van der Waals surface area (Å²) in [5.41, 5.74) is -1.90. The second-order valence-electron chi connectivity index (χ2n) is 2.55. The Morgan fingerprint density at radius 1 is 1.70 bits per heavy atom. The van der Waals surface area contributed by atoms with Crippen molar-refractivity contribution in [1.29, 1.82) is 0 Å². The fourth-order valence-electron chi connectivity index (χ4n) is 1.03. The molecule has 0 aliphatic carbocycles. The van der Waals surface area contributed by atoms with E-state index in [2.05, 4.69) is 0 Å². The normalized spacial score (nSPS) is 41.1. The molecule has 0 aromatic rings. The van der Waals surface area contributed by atoms with E-state index in [0.29, 0.717) is 0 Å². The van der Waals surface area contributed by atoms with Crippen LogP contribution in [0.5, 0.6) is 0 Å². The maximum Gasteiger partial charge on any atom is 0.269 e. The Morgan fingerprint density at radius 2 is 2.30 bits per heavy atom. The van der Waals surface area contributed by atoms with Crippen molar-refractivity contribution in [3.8, 4) is 0 Å². The molecule has 0 aromatic carbocycles. The number of alkyl halides is 2. The molecule has 10 heavy (non-hydrogen) atoms. The summed E-state index contributed by atoms with van der Waals surface area (Å²) >= 11 is 0. The summed E-state index contributed by atoms with van der Waals surface area (Å²) in [5, 5.41) is 9.16. The van der Waals surface area contributed by atoms with Crippen molar-refractivity contribution in [2.75, 3.05) is 6.61 Å². The van der Waals surface area contributed by atoms with Gasteiger partial charge in [0.15, 0.2) is 5.60 Å². The van der Waals surface area contributed by atoms with Crippen LogP contribution in [-0.2, 0) is 4.74 Å². The summed E-state index contributed by atoms with van der Waals surface area (Å²) < 4.78 is 28.9. The summed E-state index contributed by atoms with van der Waals surface area (Å²) in [6, 6.07) is 0. The molecule has 4 heteroatoms. The van der Waals surface area contributed by atoms with E-state index in [9.17, 15) is 8.78 Å². The van der Waals surface area contributed by atoms with Gasteiger partial charge in [-0.25, -0.2) is 8.78 Å². The topological polar surface area (TPSA) is 29.5 Å². The summed E-state index contributed by atoms with van der Waals surface area (Å²) in [5.74, 6) is 0. The van der Waals surface area contributed by atoms with Gasteiger partial charge in [0.05, 0.1) is 12.7 Å². The van der Waals surface area contributed by atoms with Crippen LogP contribution in [-0.4, -0.2) is 29.8 Å². The second-order valence-corrected chi connectivity index (χ2v) is 2.55. The maximum absolute atomic E-state index is 12.0. The fourth-order valence-corrected chi connectivity index (χ4v) is 1.03. The van der Waals surface area contributed by atoms with Crippen LogP contribution >= 0.6 is 0 Å². The highest BCUT2D eigenvalue weighted by atomic mass is 19.3. The van der Waals surface area contributed by atoms with E-state index in [1.807, 2.05) is 0 Å². The van der Waals surface area contributed by atoms with E-state index in [1.165, 1.54) is 6.92 Å². The summed E-state index contributed by atoms with van der Waals surface area (Å²) in [6.07, 6.45) is -3.41. The Labute approximate surface area is 57.8 Å². The Bertz CT molecular complexity index is 129. The summed E-state index contributed by atoms with van der Waals surface area (Å²) in [6.45, 7) is 1.68. The molecule has 1 N–H and O–H groups in total. The van der Waals surface area contributed by atoms with Crippen molar-refractivity contribution in [2.24, 2.45) is 0 Å². The molecule has 0 aromatic heterocycles. The minimum Gasteiger partial charge on any atom is -0.381 e. The molecule has 0 saturated carbocycles. The van der Waals surface area contributed by atoms with Gasteiger partial charge in [-0.05, 0) is 6.92 Å². The van der Waals surface area contributed by atoms with Crippen molar-refractivity contribution in [2.45, 2.75) is 31.5 Å². The average Bonchev–Trinajstić information content (AvgIpc) is 2.15. The van der Waals surface area contributed by atoms with Crippen LogP contribution in [0.15, 0.2) is 0 Å². The molecule has 1 heterocycles. The zero-order valence-electron chi connectivity index (χ0n) is 5.68. The molecule has 0 radical (unpaired) electrons. The van der Waals surface area contributed by atoms with Crippen molar-refractivity contribution in [3.05, 3.63) is 0 Å². The number of ether oxygens (including phenoxy) is 1. The molecule has 1 aliphatic rings. The third-order valence-electron chi connectivity index (χ3n) is 1.95. The molecular weight excluding hydrogens is 142 g/mol. The lowest BCUT2D eigenvalue weighted by Gasteiger charge is -2.24. The first kappa shape index (κ1) is 7.88. The Hall–Kier alpha value is -0.220. The highest BCUT2D eigenvalue weighted by molar-refractivity contribution is 4.91. The molecule has 2 nitrogen and oxygen atoms in total. The van der Waals surface area contributed by atoms with Gasteiger partial charge in [-0.3, -0.25) is 0 Å². The second kappa shape index (κ2) is 2.43. The monoisotopic (exact) mass is 152 g/mol. The smallest absolute Gasteiger partial charge is 0.269 e. The predicted molar refractivity (Wildman–Crippen MR) is 31.0 cm³/mol. The van der Waals surface area contributed by atoms with Gasteiger partial charge in [0, 0.05) is 6.42 Å². The van der Waals surface area contributed by atoms with Crippen LogP contribution in [0.1, 0.15) is 13.3 Å². The third-order valence-corrected chi connectivity index (χ3v) is 1.95. The zero-order chi connectivity index (χ0) is 7.78. The molecule has 2 atom stereocenters. The van der Waals surface area contributed by atoms with Gasteiger partial charge in [-0.2, -0.15) is 0 Å². The van der Waals surface area contributed by atoms with Crippen molar-refractivity contribution >= 4 is 0 Å². The van der Waals surface area contributed by atoms with E-state index in [1.54, 1.807) is 0 Å². The lowest BCUT2D eigenvalue weighted by Crippen LogP contribution is -2.43. The highest BCUT2D eigenvalue weighted by Gasteiger charge is 2.47. The van der Waals surface area contributed by atoms with E-state index >= 15 is 0 Å². The first-order chi connectivity index (χ1) is 4.57. The number of hydrogen-bond donors (Lipinski definition) is 1. The van der Waals surface area contributed by atoms with Gasteiger partial charge in [0.1, 0.15) is 0 Å². The van der Waals surface area contributed by atoms with E-state index in [4.69, 9.17) is 9.84 Å². The van der Waals surface area contributed by atoms with Gasteiger partial charge in [0.2, 0.25) is 0 Å². The molecule has 0 amide bonds. The van der Waals surface area contributed by atoms with E-state index in [-0.39, 0.29) is 13.0 Å². The molecule has 1 saturated heterocycles. The summed E-state index contributed by atoms with van der Waals surface area (Å²) in [4.78, 5) is 0. The molecular formula is C6H10F2O2. The predicted octanol–water partition coefficient (Wildman–Crippen LogP) is 0.791. The van der Waals surface area contributed by atoms with Crippen LogP contribution in [0.4, 0.5) is 8.78 Å². The Morgan fingerprint density at radius 3 is 2.50 bits per heavy atom. The van der Waals surface area contributed by atoms with Crippen LogP contribution in [0, 0.1) is 0 Å². The van der Waals surface area contributed by atoms with E-state index in [0.717, 1.165) is 0 Å². The maximum atomic E-state index is 12.0. The minimum absolute atomic E-state index is 0.0336. The number of aliphatic hydroxyl groups is 1. The van der Waals surface area contributed by atoms with Crippen LogP contribution in [0.25, 0.3) is 0 Å². The lowest BCUT2D eigenvalue weighted by molar-refractivity contribution is -0.126. The molecule has 0 bridgehead atoms. The van der Waals surface area contributed by atoms with Crippen LogP contribution < -0.4 is 0 Å². The number of hydrogen-bond acceptors (Lipinski definition) is 2. The Kier molecular flexibility index (Phi) is 1.92.